The van der Waals surface area contributed by atoms with Gasteiger partial charge in [-0.05, 0) is 77.5 Å². The molecule has 3 rings (SSSR count). The molecule has 0 amide bonds. The minimum atomic E-state index is 0.825. The Kier molecular flexibility index (Phi) is 5.58. The molecule has 2 bridgehead atoms. The molecule has 3 nitrogen and oxygen atoms in total. The summed E-state index contributed by atoms with van der Waals surface area (Å²) < 4.78 is 0. The maximum Gasteiger partial charge on any atom is 0.0128 e. The van der Waals surface area contributed by atoms with Crippen molar-refractivity contribution < 1.29 is 0 Å². The van der Waals surface area contributed by atoms with Crippen molar-refractivity contribution >= 4 is 0 Å². The molecule has 0 saturated carbocycles. The molecule has 0 radical (unpaired) electrons. The monoisotopic (exact) mass is 293 g/mol. The Bertz CT molecular complexity index is 308. The van der Waals surface area contributed by atoms with E-state index in [1.165, 1.54) is 77.5 Å². The number of hydrogen-bond acceptors (Lipinski definition) is 3. The van der Waals surface area contributed by atoms with Crippen molar-refractivity contribution in [2.24, 2.45) is 0 Å². The Balaban J connectivity index is 1.63. The Morgan fingerprint density at radius 2 is 1.71 bits per heavy atom. The molecule has 0 aromatic rings. The van der Waals surface area contributed by atoms with E-state index in [-0.39, 0.29) is 0 Å². The van der Waals surface area contributed by atoms with Crippen LogP contribution >= 0.6 is 0 Å². The number of rotatable bonds is 5. The molecule has 122 valence electrons. The fourth-order valence-corrected chi connectivity index (χ4v) is 5.01. The quantitative estimate of drug-likeness (QED) is 0.841. The molecular formula is C18H35N3. The molecule has 3 aliphatic rings. The summed E-state index contributed by atoms with van der Waals surface area (Å²) in [5.41, 5.74) is 0. The molecule has 1 N–H and O–H groups in total. The van der Waals surface area contributed by atoms with Crippen LogP contribution in [0.15, 0.2) is 0 Å². The molecule has 0 aromatic heterocycles. The predicted octanol–water partition coefficient (Wildman–Crippen LogP) is 2.86. The van der Waals surface area contributed by atoms with Gasteiger partial charge >= 0.3 is 0 Å². The van der Waals surface area contributed by atoms with Gasteiger partial charge in [0.05, 0.1) is 0 Å². The molecule has 3 heteroatoms. The third-order valence-electron chi connectivity index (χ3n) is 6.11. The highest BCUT2D eigenvalue weighted by Gasteiger charge is 2.37. The van der Waals surface area contributed by atoms with Crippen molar-refractivity contribution in [3.8, 4) is 0 Å². The van der Waals surface area contributed by atoms with Crippen LogP contribution in [0.3, 0.4) is 0 Å². The lowest BCUT2D eigenvalue weighted by Gasteiger charge is -2.42. The van der Waals surface area contributed by atoms with Crippen LogP contribution in [0, 0.1) is 0 Å². The van der Waals surface area contributed by atoms with Crippen molar-refractivity contribution in [3.63, 3.8) is 0 Å². The molecule has 3 fully saturated rings. The number of hydrogen-bond donors (Lipinski definition) is 1. The summed E-state index contributed by atoms with van der Waals surface area (Å²) in [6, 6.07) is 3.36. The molecule has 0 spiro atoms. The van der Waals surface area contributed by atoms with Gasteiger partial charge in [-0.3, -0.25) is 4.90 Å². The van der Waals surface area contributed by atoms with Gasteiger partial charge in [0.2, 0.25) is 0 Å². The van der Waals surface area contributed by atoms with E-state index in [1.54, 1.807) is 0 Å². The van der Waals surface area contributed by atoms with Crippen LogP contribution in [0.4, 0.5) is 0 Å². The van der Waals surface area contributed by atoms with Gasteiger partial charge in [0.15, 0.2) is 0 Å². The third-order valence-corrected chi connectivity index (χ3v) is 6.11. The minimum absolute atomic E-state index is 0.825. The van der Waals surface area contributed by atoms with Crippen LogP contribution in [0.2, 0.25) is 0 Å². The van der Waals surface area contributed by atoms with E-state index in [0.717, 1.165) is 24.2 Å². The average molecular weight is 293 g/mol. The molecular weight excluding hydrogens is 258 g/mol. The normalized spacial score (nSPS) is 37.9. The van der Waals surface area contributed by atoms with Gasteiger partial charge in [0, 0.05) is 24.2 Å². The smallest absolute Gasteiger partial charge is 0.0128 e. The van der Waals surface area contributed by atoms with Crippen LogP contribution in [0.5, 0.6) is 0 Å². The number of fused-ring (bicyclic) bond motifs is 2. The van der Waals surface area contributed by atoms with Crippen molar-refractivity contribution in [1.82, 2.24) is 15.1 Å². The first-order chi connectivity index (χ1) is 10.3. The predicted molar refractivity (Wildman–Crippen MR) is 89.7 cm³/mol. The Morgan fingerprint density at radius 1 is 0.952 bits per heavy atom. The summed E-state index contributed by atoms with van der Waals surface area (Å²) in [4.78, 5) is 5.58. The summed E-state index contributed by atoms with van der Waals surface area (Å²) >= 11 is 0. The fourth-order valence-electron chi connectivity index (χ4n) is 5.01. The molecule has 21 heavy (non-hydrogen) atoms. The van der Waals surface area contributed by atoms with E-state index in [1.807, 2.05) is 0 Å². The lowest BCUT2D eigenvalue weighted by Crippen LogP contribution is -2.52. The lowest BCUT2D eigenvalue weighted by atomic mass is 9.94. The lowest BCUT2D eigenvalue weighted by molar-refractivity contribution is 0.0847. The highest BCUT2D eigenvalue weighted by molar-refractivity contribution is 4.97. The second-order valence-corrected chi connectivity index (χ2v) is 7.52. The van der Waals surface area contributed by atoms with Crippen molar-refractivity contribution in [2.75, 3.05) is 26.2 Å². The standard InChI is InChI=1S/C18H35N3/c1-3-10-21(17-6-5-11-20(4-2)12-9-17)18-13-15-7-8-16(14-18)19-15/h15-19H,3-14H2,1-2H3. The molecule has 3 saturated heterocycles. The second-order valence-electron chi connectivity index (χ2n) is 7.52. The maximum atomic E-state index is 3.81. The first-order valence-electron chi connectivity index (χ1n) is 9.54. The van der Waals surface area contributed by atoms with E-state index in [4.69, 9.17) is 0 Å². The van der Waals surface area contributed by atoms with Crippen LogP contribution < -0.4 is 5.32 Å². The minimum Gasteiger partial charge on any atom is -0.311 e. The summed E-state index contributed by atoms with van der Waals surface area (Å²) in [5, 5.41) is 3.81. The average Bonchev–Trinajstić information content (AvgIpc) is 2.72. The van der Waals surface area contributed by atoms with Gasteiger partial charge in [-0.1, -0.05) is 13.8 Å². The second kappa shape index (κ2) is 7.43. The van der Waals surface area contributed by atoms with Crippen molar-refractivity contribution in [2.45, 2.75) is 89.4 Å². The fraction of sp³-hybridized carbons (Fsp3) is 1.00. The van der Waals surface area contributed by atoms with Crippen LogP contribution in [-0.2, 0) is 0 Å². The highest BCUT2D eigenvalue weighted by Crippen LogP contribution is 2.32. The van der Waals surface area contributed by atoms with Gasteiger partial charge in [-0.25, -0.2) is 0 Å². The first-order valence-corrected chi connectivity index (χ1v) is 9.54. The summed E-state index contributed by atoms with van der Waals surface area (Å²) in [7, 11) is 0. The Labute approximate surface area is 131 Å². The zero-order valence-corrected chi connectivity index (χ0v) is 14.2. The largest absolute Gasteiger partial charge is 0.311 e. The van der Waals surface area contributed by atoms with E-state index in [0.29, 0.717) is 0 Å². The number of piperidine rings is 1. The van der Waals surface area contributed by atoms with Gasteiger partial charge < -0.3 is 10.2 Å². The van der Waals surface area contributed by atoms with Gasteiger partial charge in [0.1, 0.15) is 0 Å². The summed E-state index contributed by atoms with van der Waals surface area (Å²) in [5.74, 6) is 0. The van der Waals surface area contributed by atoms with Crippen molar-refractivity contribution in [3.05, 3.63) is 0 Å². The van der Waals surface area contributed by atoms with Gasteiger partial charge in [-0.15, -0.1) is 0 Å². The molecule has 0 aromatic carbocycles. The van der Waals surface area contributed by atoms with E-state index in [2.05, 4.69) is 29.0 Å². The zero-order valence-electron chi connectivity index (χ0n) is 14.2. The number of nitrogens with one attached hydrogen (secondary N) is 1. The number of nitrogens with zero attached hydrogens (tertiary/aromatic N) is 2. The molecule has 3 unspecified atom stereocenters. The Morgan fingerprint density at radius 3 is 2.38 bits per heavy atom. The van der Waals surface area contributed by atoms with E-state index >= 15 is 0 Å². The zero-order chi connectivity index (χ0) is 14.7. The maximum absolute atomic E-state index is 3.81. The highest BCUT2D eigenvalue weighted by atomic mass is 15.2. The summed E-state index contributed by atoms with van der Waals surface area (Å²) in [6.07, 6.45) is 11.2. The molecule has 0 aliphatic carbocycles. The van der Waals surface area contributed by atoms with Crippen LogP contribution in [0.25, 0.3) is 0 Å². The van der Waals surface area contributed by atoms with E-state index in [9.17, 15) is 0 Å². The van der Waals surface area contributed by atoms with E-state index < -0.39 is 0 Å². The van der Waals surface area contributed by atoms with Crippen LogP contribution in [0.1, 0.15) is 65.2 Å². The van der Waals surface area contributed by atoms with Gasteiger partial charge in [-0.2, -0.15) is 0 Å². The van der Waals surface area contributed by atoms with Gasteiger partial charge in [0.25, 0.3) is 0 Å². The van der Waals surface area contributed by atoms with Crippen LogP contribution in [-0.4, -0.2) is 60.1 Å². The molecule has 3 atom stereocenters. The molecule has 3 aliphatic heterocycles. The topological polar surface area (TPSA) is 18.5 Å². The first kappa shape index (κ1) is 15.8. The third kappa shape index (κ3) is 3.80. The van der Waals surface area contributed by atoms with Crippen molar-refractivity contribution in [1.29, 1.82) is 0 Å². The summed E-state index contributed by atoms with van der Waals surface area (Å²) in [6.45, 7) is 9.87. The Hall–Kier alpha value is -0.120. The SMILES string of the molecule is CCCN(C1CCCN(CC)CC1)C1CC2CCC(C1)N2. The molecule has 3 heterocycles. The number of likely N-dealkylation sites (tertiary alicyclic amines) is 1.